The molecule has 4 heterocycles. The Hall–Kier alpha value is -2.04. The van der Waals surface area contributed by atoms with Crippen LogP contribution in [0.4, 0.5) is 5.82 Å². The molecule has 0 amide bonds. The molecule has 0 aliphatic carbocycles. The van der Waals surface area contributed by atoms with E-state index in [1.54, 1.807) is 34.7 Å². The van der Waals surface area contributed by atoms with Crippen LogP contribution in [0.3, 0.4) is 0 Å². The van der Waals surface area contributed by atoms with Gasteiger partial charge in [-0.2, -0.15) is 15.1 Å². The van der Waals surface area contributed by atoms with Gasteiger partial charge in [-0.3, -0.25) is 9.25 Å². The minimum Gasteiger partial charge on any atom is -0.362 e. The summed E-state index contributed by atoms with van der Waals surface area (Å²) in [5.74, 6) is 0.568. The van der Waals surface area contributed by atoms with Crippen LogP contribution in [-0.2, 0) is 13.6 Å². The SMILES string of the molecule is Cn1cc(-n2cnc3c(NCc4ncc(Br)s4)nc(Cl)nc32)cn1. The number of fused-ring (bicyclic) bond motifs is 1. The normalized spacial score (nSPS) is 11.3. The number of thiazole rings is 1. The molecule has 122 valence electrons. The van der Waals surface area contributed by atoms with Crippen molar-refractivity contribution in [2.45, 2.75) is 6.54 Å². The molecule has 0 aromatic carbocycles. The average Bonchev–Trinajstić information content (AvgIpc) is 3.24. The van der Waals surface area contributed by atoms with Gasteiger partial charge in [0.15, 0.2) is 17.0 Å². The number of hydrogen-bond donors (Lipinski definition) is 1. The zero-order valence-electron chi connectivity index (χ0n) is 12.3. The smallest absolute Gasteiger partial charge is 0.226 e. The highest BCUT2D eigenvalue weighted by molar-refractivity contribution is 9.11. The maximum absolute atomic E-state index is 6.09. The zero-order valence-corrected chi connectivity index (χ0v) is 15.5. The van der Waals surface area contributed by atoms with Gasteiger partial charge in [-0.15, -0.1) is 11.3 Å². The highest BCUT2D eigenvalue weighted by Gasteiger charge is 2.14. The lowest BCUT2D eigenvalue weighted by molar-refractivity contribution is 0.767. The van der Waals surface area contributed by atoms with Crippen LogP contribution in [0, 0.1) is 0 Å². The second-order valence-electron chi connectivity index (χ2n) is 4.91. The van der Waals surface area contributed by atoms with Crippen LogP contribution in [0.5, 0.6) is 0 Å². The zero-order chi connectivity index (χ0) is 16.7. The quantitative estimate of drug-likeness (QED) is 0.506. The number of halogens is 2. The summed E-state index contributed by atoms with van der Waals surface area (Å²) in [5, 5.41) is 8.47. The van der Waals surface area contributed by atoms with Gasteiger partial charge in [0.25, 0.3) is 0 Å². The summed E-state index contributed by atoms with van der Waals surface area (Å²) in [4.78, 5) is 17.2. The summed E-state index contributed by atoms with van der Waals surface area (Å²) in [6.07, 6.45) is 7.05. The molecule has 0 aliphatic rings. The first kappa shape index (κ1) is 15.5. The molecule has 0 fully saturated rings. The van der Waals surface area contributed by atoms with Crippen LogP contribution in [-0.4, -0.2) is 34.3 Å². The van der Waals surface area contributed by atoms with Crippen molar-refractivity contribution in [2.75, 3.05) is 5.32 Å². The first-order chi connectivity index (χ1) is 11.6. The summed E-state index contributed by atoms with van der Waals surface area (Å²) in [7, 11) is 1.85. The lowest BCUT2D eigenvalue weighted by Crippen LogP contribution is -2.03. The highest BCUT2D eigenvalue weighted by Crippen LogP contribution is 2.25. The Morgan fingerprint density at radius 1 is 1.29 bits per heavy atom. The van der Waals surface area contributed by atoms with Gasteiger partial charge < -0.3 is 5.32 Å². The standard InChI is InChI=1S/C13H10BrClN8S/c1-22-5-7(2-19-22)23-6-18-10-11(20-13(15)21-12(10)23)17-4-9-16-3-8(14)24-9/h2-3,5-6H,4H2,1H3,(H,17,20,21). The van der Waals surface area contributed by atoms with E-state index < -0.39 is 0 Å². The first-order valence-electron chi connectivity index (χ1n) is 6.84. The topological polar surface area (TPSA) is 86.3 Å². The summed E-state index contributed by atoms with van der Waals surface area (Å²) in [6, 6.07) is 0. The number of aryl methyl sites for hydroxylation is 1. The molecule has 0 aliphatic heterocycles. The fraction of sp³-hybridized carbons (Fsp3) is 0.154. The molecule has 24 heavy (non-hydrogen) atoms. The van der Waals surface area contributed by atoms with Crippen molar-refractivity contribution in [3.8, 4) is 5.69 Å². The number of nitrogens with zero attached hydrogens (tertiary/aromatic N) is 7. The molecule has 0 unspecified atom stereocenters. The predicted octanol–water partition coefficient (Wildman–Crippen LogP) is 3.03. The van der Waals surface area contributed by atoms with Gasteiger partial charge in [-0.1, -0.05) is 0 Å². The molecule has 0 saturated carbocycles. The minimum atomic E-state index is 0.149. The van der Waals surface area contributed by atoms with E-state index in [4.69, 9.17) is 11.6 Å². The molecular formula is C13H10BrClN8S. The number of hydrogen-bond acceptors (Lipinski definition) is 7. The van der Waals surface area contributed by atoms with Crippen molar-refractivity contribution >= 4 is 55.8 Å². The third-order valence-corrected chi connectivity index (χ3v) is 4.92. The van der Waals surface area contributed by atoms with E-state index in [-0.39, 0.29) is 5.28 Å². The van der Waals surface area contributed by atoms with E-state index in [2.05, 4.69) is 46.3 Å². The average molecular weight is 426 g/mol. The largest absolute Gasteiger partial charge is 0.362 e. The van der Waals surface area contributed by atoms with Crippen molar-refractivity contribution < 1.29 is 0 Å². The van der Waals surface area contributed by atoms with E-state index >= 15 is 0 Å². The Morgan fingerprint density at radius 2 is 2.17 bits per heavy atom. The van der Waals surface area contributed by atoms with E-state index in [0.29, 0.717) is 23.5 Å². The maximum atomic E-state index is 6.09. The monoisotopic (exact) mass is 424 g/mol. The third kappa shape index (κ3) is 2.87. The van der Waals surface area contributed by atoms with Crippen LogP contribution < -0.4 is 5.32 Å². The number of anilines is 1. The minimum absolute atomic E-state index is 0.149. The molecule has 0 saturated heterocycles. The van der Waals surface area contributed by atoms with Crippen molar-refractivity contribution in [3.05, 3.63) is 39.0 Å². The lowest BCUT2D eigenvalue weighted by atomic mass is 10.4. The van der Waals surface area contributed by atoms with Gasteiger partial charge in [0.2, 0.25) is 5.28 Å². The molecule has 4 aromatic rings. The molecule has 4 rings (SSSR count). The predicted molar refractivity (Wildman–Crippen MR) is 95.6 cm³/mol. The molecule has 8 nitrogen and oxygen atoms in total. The van der Waals surface area contributed by atoms with Crippen molar-refractivity contribution in [2.24, 2.45) is 7.05 Å². The van der Waals surface area contributed by atoms with E-state index in [1.165, 1.54) is 0 Å². The summed E-state index contributed by atoms with van der Waals surface area (Å²) in [5.41, 5.74) is 2.11. The second-order valence-corrected chi connectivity index (χ2v) is 7.74. The molecule has 0 bridgehead atoms. The van der Waals surface area contributed by atoms with Crippen LogP contribution in [0.15, 0.2) is 28.7 Å². The number of rotatable bonds is 4. The molecule has 4 aromatic heterocycles. The van der Waals surface area contributed by atoms with Crippen LogP contribution in [0.2, 0.25) is 5.28 Å². The second kappa shape index (κ2) is 6.11. The van der Waals surface area contributed by atoms with E-state index in [1.807, 2.05) is 17.8 Å². The summed E-state index contributed by atoms with van der Waals surface area (Å²) >= 11 is 11.0. The molecular weight excluding hydrogens is 416 g/mol. The molecule has 1 N–H and O–H groups in total. The number of nitrogens with one attached hydrogen (secondary N) is 1. The van der Waals surface area contributed by atoms with Crippen LogP contribution in [0.1, 0.15) is 5.01 Å². The number of imidazole rings is 1. The van der Waals surface area contributed by atoms with Gasteiger partial charge in [-0.25, -0.2) is 9.97 Å². The lowest BCUT2D eigenvalue weighted by Gasteiger charge is -2.05. The Labute approximate surface area is 153 Å². The van der Waals surface area contributed by atoms with Crippen molar-refractivity contribution in [3.63, 3.8) is 0 Å². The molecule has 0 spiro atoms. The van der Waals surface area contributed by atoms with Crippen molar-refractivity contribution in [1.82, 2.24) is 34.3 Å². The van der Waals surface area contributed by atoms with Gasteiger partial charge >= 0.3 is 0 Å². The summed E-state index contributed by atoms with van der Waals surface area (Å²) in [6.45, 7) is 0.526. The Morgan fingerprint density at radius 3 is 2.88 bits per heavy atom. The van der Waals surface area contributed by atoms with E-state index in [9.17, 15) is 0 Å². The van der Waals surface area contributed by atoms with Gasteiger partial charge in [0, 0.05) is 13.2 Å². The Balaban J connectivity index is 1.72. The fourth-order valence-electron chi connectivity index (χ4n) is 2.25. The van der Waals surface area contributed by atoms with Crippen LogP contribution in [0.25, 0.3) is 16.9 Å². The van der Waals surface area contributed by atoms with Gasteiger partial charge in [0.05, 0.1) is 28.4 Å². The Kier molecular flexibility index (Phi) is 3.94. The first-order valence-corrected chi connectivity index (χ1v) is 8.82. The molecule has 0 radical (unpaired) electrons. The Bertz CT molecular complexity index is 1020. The van der Waals surface area contributed by atoms with Crippen LogP contribution >= 0.6 is 38.9 Å². The number of aromatic nitrogens is 7. The fourth-order valence-corrected chi connectivity index (χ4v) is 3.66. The van der Waals surface area contributed by atoms with Gasteiger partial charge in [-0.05, 0) is 27.5 Å². The highest BCUT2D eigenvalue weighted by atomic mass is 79.9. The van der Waals surface area contributed by atoms with Crippen molar-refractivity contribution in [1.29, 1.82) is 0 Å². The summed E-state index contributed by atoms with van der Waals surface area (Å²) < 4.78 is 4.51. The maximum Gasteiger partial charge on any atom is 0.226 e. The third-order valence-electron chi connectivity index (χ3n) is 3.27. The van der Waals surface area contributed by atoms with E-state index in [0.717, 1.165) is 14.5 Å². The van der Waals surface area contributed by atoms with Gasteiger partial charge in [0.1, 0.15) is 11.3 Å². The molecule has 0 atom stereocenters. The molecule has 11 heteroatoms.